The van der Waals surface area contributed by atoms with Gasteiger partial charge in [0.05, 0.1) is 11.4 Å². The van der Waals surface area contributed by atoms with Crippen molar-refractivity contribution in [3.8, 4) is 11.1 Å². The van der Waals surface area contributed by atoms with Crippen molar-refractivity contribution in [1.29, 1.82) is 0 Å². The molecule has 33 heavy (non-hydrogen) atoms. The number of hydrogen-bond acceptors (Lipinski definition) is 5. The summed E-state index contributed by atoms with van der Waals surface area (Å²) in [6.07, 6.45) is -4.70. The number of carbonyl (C=O) groups is 2. The average molecular weight is 473 g/mol. The number of anilines is 1. The van der Waals surface area contributed by atoms with Gasteiger partial charge in [-0.15, -0.1) is 11.3 Å². The number of hydrogen-bond donors (Lipinski definition) is 2. The number of thiophene rings is 1. The lowest BCUT2D eigenvalue weighted by Crippen LogP contribution is -2.22. The van der Waals surface area contributed by atoms with Gasteiger partial charge in [0.1, 0.15) is 21.9 Å². The molecule has 170 valence electrons. The summed E-state index contributed by atoms with van der Waals surface area (Å²) in [7, 11) is 0. The second kappa shape index (κ2) is 8.32. The number of pyridine rings is 1. The molecule has 0 saturated carbocycles. The van der Waals surface area contributed by atoms with E-state index in [1.54, 1.807) is 50.2 Å². The Morgan fingerprint density at radius 3 is 2.42 bits per heavy atom. The van der Waals surface area contributed by atoms with E-state index in [0.717, 1.165) is 17.5 Å². The van der Waals surface area contributed by atoms with Gasteiger partial charge in [0.15, 0.2) is 0 Å². The molecule has 3 aromatic heterocycles. The van der Waals surface area contributed by atoms with Gasteiger partial charge in [-0.05, 0) is 37.1 Å². The molecule has 4 aromatic rings. The lowest BCUT2D eigenvalue weighted by Gasteiger charge is -2.12. The summed E-state index contributed by atoms with van der Waals surface area (Å²) >= 11 is 0.704. The second-order valence-corrected chi connectivity index (χ2v) is 8.40. The summed E-state index contributed by atoms with van der Waals surface area (Å²) in [5.74, 6) is -1.39. The Bertz CT molecular complexity index is 1380. The van der Waals surface area contributed by atoms with Crippen LogP contribution in [0.2, 0.25) is 0 Å². The van der Waals surface area contributed by atoms with Crippen LogP contribution < -0.4 is 11.1 Å². The van der Waals surface area contributed by atoms with Gasteiger partial charge in [-0.25, -0.2) is 4.98 Å². The standard InChI is InChI=1S/C22H18F3N5O2S/c1-11-8-12(2)30(29-11)10-16(31)28-18-17-14(13-6-4-3-5-7-13)9-15(22(23,24)25)27-21(17)33-19(18)20(26)32/h3-9H,10H2,1-2H3,(H2,26,32)(H,28,31). The Kier molecular flexibility index (Phi) is 5.66. The molecule has 0 unspecified atom stereocenters. The van der Waals surface area contributed by atoms with Gasteiger partial charge >= 0.3 is 6.18 Å². The van der Waals surface area contributed by atoms with Crippen LogP contribution in [0.15, 0.2) is 42.5 Å². The molecule has 0 radical (unpaired) electrons. The third-order valence-corrected chi connectivity index (χ3v) is 6.02. The zero-order valence-corrected chi connectivity index (χ0v) is 18.3. The van der Waals surface area contributed by atoms with Crippen molar-refractivity contribution in [2.75, 3.05) is 5.32 Å². The van der Waals surface area contributed by atoms with E-state index in [-0.39, 0.29) is 32.9 Å². The predicted molar refractivity (Wildman–Crippen MR) is 119 cm³/mol. The first-order chi connectivity index (χ1) is 15.5. The minimum absolute atomic E-state index is 0.0362. The van der Waals surface area contributed by atoms with Crippen LogP contribution in [0.4, 0.5) is 18.9 Å². The molecule has 0 fully saturated rings. The number of halogens is 3. The summed E-state index contributed by atoms with van der Waals surface area (Å²) in [4.78, 5) is 28.5. The molecule has 0 aliphatic heterocycles. The molecule has 0 atom stereocenters. The second-order valence-electron chi connectivity index (χ2n) is 7.40. The third-order valence-electron chi connectivity index (χ3n) is 4.92. The van der Waals surface area contributed by atoms with E-state index in [1.165, 1.54) is 4.68 Å². The normalized spacial score (nSPS) is 11.7. The summed E-state index contributed by atoms with van der Waals surface area (Å²) in [5.41, 5.74) is 6.57. The molecule has 0 bridgehead atoms. The van der Waals surface area contributed by atoms with Crippen molar-refractivity contribution in [2.45, 2.75) is 26.6 Å². The van der Waals surface area contributed by atoms with E-state index in [0.29, 0.717) is 16.9 Å². The molecule has 0 aliphatic rings. The summed E-state index contributed by atoms with van der Waals surface area (Å²) in [6, 6.07) is 11.1. The first kappa shape index (κ1) is 22.5. The van der Waals surface area contributed by atoms with E-state index in [4.69, 9.17) is 5.73 Å². The van der Waals surface area contributed by atoms with E-state index >= 15 is 0 Å². The van der Waals surface area contributed by atoms with Gasteiger partial charge in [-0.2, -0.15) is 18.3 Å². The fourth-order valence-electron chi connectivity index (χ4n) is 3.53. The largest absolute Gasteiger partial charge is 0.433 e. The Hall–Kier alpha value is -3.73. The number of fused-ring (bicyclic) bond motifs is 1. The highest BCUT2D eigenvalue weighted by Gasteiger charge is 2.35. The molecule has 7 nitrogen and oxygen atoms in total. The van der Waals surface area contributed by atoms with Crippen molar-refractivity contribution in [1.82, 2.24) is 14.8 Å². The molecule has 2 amide bonds. The van der Waals surface area contributed by atoms with Crippen molar-refractivity contribution in [2.24, 2.45) is 5.73 Å². The highest BCUT2D eigenvalue weighted by molar-refractivity contribution is 7.21. The minimum Gasteiger partial charge on any atom is -0.365 e. The molecule has 3 N–H and O–H groups in total. The Labute approximate surface area is 190 Å². The van der Waals surface area contributed by atoms with Crippen molar-refractivity contribution >= 4 is 39.1 Å². The molecular formula is C22H18F3N5O2S. The van der Waals surface area contributed by atoms with Gasteiger partial charge in [-0.1, -0.05) is 30.3 Å². The van der Waals surface area contributed by atoms with Crippen LogP contribution >= 0.6 is 11.3 Å². The Morgan fingerprint density at radius 2 is 1.85 bits per heavy atom. The fourth-order valence-corrected chi connectivity index (χ4v) is 4.54. The van der Waals surface area contributed by atoms with Crippen LogP contribution in [0, 0.1) is 13.8 Å². The first-order valence-corrected chi connectivity index (χ1v) is 10.6. The fraction of sp³-hybridized carbons (Fsp3) is 0.182. The maximum atomic E-state index is 13.5. The van der Waals surface area contributed by atoms with Gasteiger partial charge < -0.3 is 11.1 Å². The number of aryl methyl sites for hydroxylation is 2. The number of nitrogens with zero attached hydrogens (tertiary/aromatic N) is 3. The van der Waals surface area contributed by atoms with Crippen LogP contribution in [0.3, 0.4) is 0 Å². The minimum atomic E-state index is -4.70. The number of nitrogens with one attached hydrogen (secondary N) is 1. The number of carbonyl (C=O) groups excluding carboxylic acids is 2. The number of benzene rings is 1. The number of aromatic nitrogens is 3. The first-order valence-electron chi connectivity index (χ1n) is 9.75. The molecule has 0 aliphatic carbocycles. The van der Waals surface area contributed by atoms with Crippen LogP contribution in [0.1, 0.15) is 26.8 Å². The summed E-state index contributed by atoms with van der Waals surface area (Å²) in [6.45, 7) is 3.43. The Balaban J connectivity index is 1.89. The molecule has 0 spiro atoms. The molecule has 4 rings (SSSR count). The molecule has 3 heterocycles. The maximum absolute atomic E-state index is 13.5. The summed E-state index contributed by atoms with van der Waals surface area (Å²) in [5, 5.41) is 7.11. The van der Waals surface area contributed by atoms with Crippen LogP contribution in [0.25, 0.3) is 21.3 Å². The molecule has 0 saturated heterocycles. The lowest BCUT2D eigenvalue weighted by atomic mass is 10.0. The number of amides is 2. The van der Waals surface area contributed by atoms with Crippen molar-refractivity contribution in [3.63, 3.8) is 0 Å². The van der Waals surface area contributed by atoms with Gasteiger partial charge in [0, 0.05) is 11.1 Å². The smallest absolute Gasteiger partial charge is 0.365 e. The summed E-state index contributed by atoms with van der Waals surface area (Å²) < 4.78 is 42.1. The monoisotopic (exact) mass is 473 g/mol. The number of primary amides is 1. The van der Waals surface area contributed by atoms with Crippen LogP contribution in [-0.4, -0.2) is 26.6 Å². The SMILES string of the molecule is Cc1cc(C)n(CC(=O)Nc2c(C(N)=O)sc3nc(C(F)(F)F)cc(-c4ccccc4)c23)n1. The van der Waals surface area contributed by atoms with E-state index in [2.05, 4.69) is 15.4 Å². The average Bonchev–Trinajstić information content (AvgIpc) is 3.26. The maximum Gasteiger partial charge on any atom is 0.433 e. The quantitative estimate of drug-likeness (QED) is 0.444. The Morgan fingerprint density at radius 1 is 1.15 bits per heavy atom. The third kappa shape index (κ3) is 4.44. The molecule has 1 aromatic carbocycles. The number of alkyl halides is 3. The van der Waals surface area contributed by atoms with E-state index in [9.17, 15) is 22.8 Å². The topological polar surface area (TPSA) is 103 Å². The molecule has 11 heteroatoms. The molecular weight excluding hydrogens is 455 g/mol. The zero-order chi connectivity index (χ0) is 23.9. The van der Waals surface area contributed by atoms with Crippen LogP contribution in [-0.2, 0) is 17.5 Å². The highest BCUT2D eigenvalue weighted by atomic mass is 32.1. The van der Waals surface area contributed by atoms with Gasteiger partial charge in [0.2, 0.25) is 5.91 Å². The van der Waals surface area contributed by atoms with E-state index in [1.807, 2.05) is 0 Å². The van der Waals surface area contributed by atoms with Crippen molar-refractivity contribution < 1.29 is 22.8 Å². The van der Waals surface area contributed by atoms with Crippen molar-refractivity contribution in [3.05, 3.63) is 64.4 Å². The number of rotatable bonds is 5. The van der Waals surface area contributed by atoms with Gasteiger partial charge in [-0.3, -0.25) is 14.3 Å². The zero-order valence-electron chi connectivity index (χ0n) is 17.5. The lowest BCUT2D eigenvalue weighted by molar-refractivity contribution is -0.140. The predicted octanol–water partition coefficient (Wildman–Crippen LogP) is 4.53. The van der Waals surface area contributed by atoms with E-state index < -0.39 is 23.7 Å². The highest BCUT2D eigenvalue weighted by Crippen LogP contribution is 2.43. The number of nitrogens with two attached hydrogens (primary N) is 1. The van der Waals surface area contributed by atoms with Crippen LogP contribution in [0.5, 0.6) is 0 Å². The van der Waals surface area contributed by atoms with Gasteiger partial charge in [0.25, 0.3) is 5.91 Å².